The highest BCUT2D eigenvalue weighted by Crippen LogP contribution is 2.17. The molecule has 2 aliphatic rings. The monoisotopic (exact) mass is 228 g/mol. The molecule has 5 nitrogen and oxygen atoms in total. The second kappa shape index (κ2) is 5.12. The summed E-state index contributed by atoms with van der Waals surface area (Å²) in [5.74, 6) is 0.110. The van der Waals surface area contributed by atoms with Crippen molar-refractivity contribution in [2.45, 2.75) is 38.0 Å². The van der Waals surface area contributed by atoms with E-state index in [9.17, 15) is 9.90 Å². The zero-order valence-corrected chi connectivity index (χ0v) is 9.69. The van der Waals surface area contributed by atoms with Crippen molar-refractivity contribution in [3.05, 3.63) is 0 Å². The molecule has 0 aromatic heterocycles. The van der Waals surface area contributed by atoms with Gasteiger partial charge in [0, 0.05) is 19.7 Å². The first-order valence-electron chi connectivity index (χ1n) is 6.04. The minimum atomic E-state index is -0.537. The predicted octanol–water partition coefficient (Wildman–Crippen LogP) is -0.653. The standard InChI is InChI=1S/C11H20N2O3/c1-2-16-10-7-13(6-9(10)14)11(15)8-4-3-5-12-8/h8-10,12,14H,2-7H2,1H3/t8-,9+,10-/m1/s1. The van der Waals surface area contributed by atoms with Crippen LogP contribution < -0.4 is 5.32 Å². The summed E-state index contributed by atoms with van der Waals surface area (Å²) in [6.45, 7) is 4.32. The van der Waals surface area contributed by atoms with E-state index >= 15 is 0 Å². The van der Waals surface area contributed by atoms with Crippen LogP contribution in [0.15, 0.2) is 0 Å². The topological polar surface area (TPSA) is 61.8 Å². The smallest absolute Gasteiger partial charge is 0.239 e. The van der Waals surface area contributed by atoms with E-state index < -0.39 is 6.10 Å². The van der Waals surface area contributed by atoms with Crippen LogP contribution in [0.3, 0.4) is 0 Å². The number of carbonyl (C=O) groups excluding carboxylic acids is 1. The lowest BCUT2D eigenvalue weighted by atomic mass is 10.2. The van der Waals surface area contributed by atoms with E-state index in [2.05, 4.69) is 5.32 Å². The molecule has 16 heavy (non-hydrogen) atoms. The van der Waals surface area contributed by atoms with Crippen molar-refractivity contribution in [1.82, 2.24) is 10.2 Å². The third kappa shape index (κ3) is 2.36. The van der Waals surface area contributed by atoms with Crippen LogP contribution >= 0.6 is 0 Å². The quantitative estimate of drug-likeness (QED) is 0.673. The Bertz CT molecular complexity index is 254. The molecule has 0 aromatic rings. The van der Waals surface area contributed by atoms with Gasteiger partial charge in [-0.2, -0.15) is 0 Å². The molecule has 2 fully saturated rings. The number of nitrogens with one attached hydrogen (secondary N) is 1. The number of ether oxygens (including phenoxy) is 1. The van der Waals surface area contributed by atoms with Gasteiger partial charge in [0.15, 0.2) is 0 Å². The van der Waals surface area contributed by atoms with Crippen molar-refractivity contribution in [2.24, 2.45) is 0 Å². The second-order valence-electron chi connectivity index (χ2n) is 4.45. The van der Waals surface area contributed by atoms with E-state index in [0.717, 1.165) is 19.4 Å². The van der Waals surface area contributed by atoms with E-state index in [1.165, 1.54) is 0 Å². The van der Waals surface area contributed by atoms with E-state index in [4.69, 9.17) is 4.74 Å². The van der Waals surface area contributed by atoms with Crippen molar-refractivity contribution < 1.29 is 14.6 Å². The van der Waals surface area contributed by atoms with E-state index in [1.54, 1.807) is 4.90 Å². The number of nitrogens with zero attached hydrogens (tertiary/aromatic N) is 1. The first-order chi connectivity index (χ1) is 7.72. The summed E-state index contributed by atoms with van der Waals surface area (Å²) < 4.78 is 5.39. The van der Waals surface area contributed by atoms with Gasteiger partial charge in [-0.05, 0) is 26.3 Å². The maximum absolute atomic E-state index is 12.0. The highest BCUT2D eigenvalue weighted by molar-refractivity contribution is 5.82. The van der Waals surface area contributed by atoms with Gasteiger partial charge in [-0.1, -0.05) is 0 Å². The van der Waals surface area contributed by atoms with Gasteiger partial charge in [0.2, 0.25) is 5.91 Å². The molecule has 0 unspecified atom stereocenters. The fraction of sp³-hybridized carbons (Fsp3) is 0.909. The first-order valence-corrected chi connectivity index (χ1v) is 6.04. The second-order valence-corrected chi connectivity index (χ2v) is 4.45. The predicted molar refractivity (Wildman–Crippen MR) is 59.0 cm³/mol. The van der Waals surface area contributed by atoms with Gasteiger partial charge < -0.3 is 20.1 Å². The van der Waals surface area contributed by atoms with Crippen LogP contribution in [0.2, 0.25) is 0 Å². The maximum atomic E-state index is 12.0. The summed E-state index contributed by atoms with van der Waals surface area (Å²) in [6.07, 6.45) is 1.22. The van der Waals surface area contributed by atoms with Crippen LogP contribution in [-0.2, 0) is 9.53 Å². The number of likely N-dealkylation sites (tertiary alicyclic amines) is 1. The molecule has 0 spiro atoms. The minimum Gasteiger partial charge on any atom is -0.388 e. The summed E-state index contributed by atoms with van der Waals surface area (Å²) >= 11 is 0. The molecular formula is C11H20N2O3. The fourth-order valence-corrected chi connectivity index (χ4v) is 2.43. The minimum absolute atomic E-state index is 0.0485. The molecule has 92 valence electrons. The first kappa shape index (κ1) is 11.8. The molecule has 2 aliphatic heterocycles. The molecule has 0 radical (unpaired) electrons. The van der Waals surface area contributed by atoms with E-state index in [1.807, 2.05) is 6.92 Å². The van der Waals surface area contributed by atoms with Crippen LogP contribution in [0.4, 0.5) is 0 Å². The zero-order chi connectivity index (χ0) is 11.5. The summed E-state index contributed by atoms with van der Waals surface area (Å²) in [6, 6.07) is -0.0485. The number of hydrogen-bond donors (Lipinski definition) is 2. The molecule has 5 heteroatoms. The SMILES string of the molecule is CCO[C@@H]1CN(C(=O)[C@H]2CCCN2)C[C@@H]1O. The van der Waals surface area contributed by atoms with Gasteiger partial charge in [0.25, 0.3) is 0 Å². The maximum Gasteiger partial charge on any atom is 0.239 e. The van der Waals surface area contributed by atoms with Crippen LogP contribution in [0, 0.1) is 0 Å². The van der Waals surface area contributed by atoms with Gasteiger partial charge in [0.1, 0.15) is 6.10 Å². The molecule has 1 amide bonds. The number of carbonyl (C=O) groups is 1. The Kier molecular flexibility index (Phi) is 3.78. The Morgan fingerprint density at radius 3 is 3.00 bits per heavy atom. The molecular weight excluding hydrogens is 208 g/mol. The van der Waals surface area contributed by atoms with Crippen molar-refractivity contribution >= 4 is 5.91 Å². The Balaban J connectivity index is 1.88. The van der Waals surface area contributed by atoms with Crippen LogP contribution in [-0.4, -0.2) is 60.4 Å². The van der Waals surface area contributed by atoms with Gasteiger partial charge >= 0.3 is 0 Å². The van der Waals surface area contributed by atoms with Gasteiger partial charge in [-0.15, -0.1) is 0 Å². The Morgan fingerprint density at radius 1 is 1.56 bits per heavy atom. The van der Waals surface area contributed by atoms with Crippen molar-refractivity contribution in [2.75, 3.05) is 26.2 Å². The van der Waals surface area contributed by atoms with E-state index in [-0.39, 0.29) is 18.1 Å². The molecule has 0 aliphatic carbocycles. The molecule has 0 aromatic carbocycles. The molecule has 0 bridgehead atoms. The molecule has 2 saturated heterocycles. The summed E-state index contributed by atoms with van der Waals surface area (Å²) in [5, 5.41) is 12.9. The third-order valence-electron chi connectivity index (χ3n) is 3.29. The average Bonchev–Trinajstić information content (AvgIpc) is 2.88. The van der Waals surface area contributed by atoms with Gasteiger partial charge in [-0.25, -0.2) is 0 Å². The Labute approximate surface area is 95.8 Å². The van der Waals surface area contributed by atoms with E-state index in [0.29, 0.717) is 19.7 Å². The van der Waals surface area contributed by atoms with Crippen LogP contribution in [0.1, 0.15) is 19.8 Å². The molecule has 2 rings (SSSR count). The van der Waals surface area contributed by atoms with Gasteiger partial charge in [-0.3, -0.25) is 4.79 Å². The molecule has 2 heterocycles. The van der Waals surface area contributed by atoms with Crippen LogP contribution in [0.25, 0.3) is 0 Å². The summed E-state index contributed by atoms with van der Waals surface area (Å²) in [5.41, 5.74) is 0. The Hall–Kier alpha value is -0.650. The molecule has 0 saturated carbocycles. The number of amides is 1. The number of β-amino-alcohol motifs (C(OH)–C–C–N with tert-alkyl or cyclic N) is 1. The highest BCUT2D eigenvalue weighted by Gasteiger charge is 2.37. The lowest BCUT2D eigenvalue weighted by molar-refractivity contribution is -0.132. The largest absolute Gasteiger partial charge is 0.388 e. The number of aliphatic hydroxyl groups is 1. The molecule has 3 atom stereocenters. The fourth-order valence-electron chi connectivity index (χ4n) is 2.43. The van der Waals surface area contributed by atoms with Crippen LogP contribution in [0.5, 0.6) is 0 Å². The van der Waals surface area contributed by atoms with Gasteiger partial charge in [0.05, 0.1) is 12.1 Å². The highest BCUT2D eigenvalue weighted by atomic mass is 16.5. The third-order valence-corrected chi connectivity index (χ3v) is 3.29. The summed E-state index contributed by atoms with van der Waals surface area (Å²) in [7, 11) is 0. The lowest BCUT2D eigenvalue weighted by Gasteiger charge is -2.20. The number of hydrogen-bond acceptors (Lipinski definition) is 4. The average molecular weight is 228 g/mol. The normalized spacial score (nSPS) is 34.6. The number of rotatable bonds is 3. The zero-order valence-electron chi connectivity index (χ0n) is 9.69. The number of aliphatic hydroxyl groups excluding tert-OH is 1. The molecule has 2 N–H and O–H groups in total. The van der Waals surface area contributed by atoms with Crippen molar-refractivity contribution in [3.63, 3.8) is 0 Å². The van der Waals surface area contributed by atoms with Crippen molar-refractivity contribution in [1.29, 1.82) is 0 Å². The Morgan fingerprint density at radius 2 is 2.38 bits per heavy atom. The lowest BCUT2D eigenvalue weighted by Crippen LogP contribution is -2.43. The van der Waals surface area contributed by atoms with Crippen molar-refractivity contribution in [3.8, 4) is 0 Å². The summed E-state index contributed by atoms with van der Waals surface area (Å²) in [4.78, 5) is 13.8.